The third-order valence-electron chi connectivity index (χ3n) is 4.59. The Balaban J connectivity index is 2.57. The summed E-state index contributed by atoms with van der Waals surface area (Å²) < 4.78 is 17.1. The minimum Gasteiger partial charge on any atom is -0.453 e. The molecule has 0 spiro atoms. The number of nitriles is 1. The smallest absolute Gasteiger partial charge is 0.453 e. The van der Waals surface area contributed by atoms with Gasteiger partial charge in [-0.3, -0.25) is 4.68 Å². The zero-order valence-corrected chi connectivity index (χ0v) is 19.5. The number of hydrogen-bond donors (Lipinski definition) is 0. The van der Waals surface area contributed by atoms with Gasteiger partial charge in [0.05, 0.1) is 17.3 Å². The largest absolute Gasteiger partial charge is 0.511 e. The fraction of sp³-hybridized carbons (Fsp3) is 0.435. The molecule has 1 heterocycles. The highest BCUT2D eigenvalue weighted by Crippen LogP contribution is 2.34. The van der Waals surface area contributed by atoms with E-state index in [2.05, 4.69) is 31.9 Å². The van der Waals surface area contributed by atoms with E-state index in [0.29, 0.717) is 28.5 Å². The molecule has 166 valence electrons. The quantitative estimate of drug-likeness (QED) is 0.235. The van der Waals surface area contributed by atoms with Crippen LogP contribution in [0.25, 0.3) is 11.3 Å². The summed E-state index contributed by atoms with van der Waals surface area (Å²) in [6.45, 7) is 12.0. The van der Waals surface area contributed by atoms with Gasteiger partial charge >= 0.3 is 6.16 Å². The molecule has 0 N–H and O–H groups in total. The van der Waals surface area contributed by atoms with E-state index < -0.39 is 12.9 Å². The summed E-state index contributed by atoms with van der Waals surface area (Å²) in [6, 6.07) is 9.89. The van der Waals surface area contributed by atoms with Crippen molar-refractivity contribution in [2.24, 2.45) is 0 Å². The molecule has 1 aromatic heterocycles. The van der Waals surface area contributed by atoms with Crippen LogP contribution in [0.4, 0.5) is 4.79 Å². The first-order valence-electron chi connectivity index (χ1n) is 10.0. The number of nitrogens with zero attached hydrogens (tertiary/aromatic N) is 3. The van der Waals surface area contributed by atoms with Gasteiger partial charge in [0, 0.05) is 6.54 Å². The fourth-order valence-corrected chi connectivity index (χ4v) is 3.16. The first-order valence-corrected chi connectivity index (χ1v) is 10.4. The molecular weight excluding hydrogens is 418 g/mol. The highest BCUT2D eigenvalue weighted by atomic mass is 35.5. The van der Waals surface area contributed by atoms with E-state index in [9.17, 15) is 10.1 Å². The van der Waals surface area contributed by atoms with Gasteiger partial charge < -0.3 is 14.2 Å². The van der Waals surface area contributed by atoms with Gasteiger partial charge in [0.15, 0.2) is 5.76 Å². The van der Waals surface area contributed by atoms with Crippen LogP contribution in [-0.2, 0) is 26.2 Å². The number of ether oxygens (including phenoxy) is 3. The molecule has 0 fully saturated rings. The third-order valence-corrected chi connectivity index (χ3v) is 5.04. The standard InChI is InChI=1S/C23H28ClN3O4/c1-7-27-20(19(24)15(3)26-27)21(30-14-31-22(28)29-8-2)18(13-25)16-9-11-17(12-10-16)23(4,5)6/h9-12H,7-8,14H2,1-6H3/b21-18-. The van der Waals surface area contributed by atoms with Gasteiger partial charge in [0.2, 0.25) is 6.79 Å². The Labute approximate surface area is 188 Å². The van der Waals surface area contributed by atoms with E-state index in [-0.39, 0.29) is 23.4 Å². The predicted octanol–water partition coefficient (Wildman–Crippen LogP) is 5.70. The maximum absolute atomic E-state index is 11.5. The van der Waals surface area contributed by atoms with Crippen LogP contribution in [0.5, 0.6) is 0 Å². The lowest BCUT2D eigenvalue weighted by molar-refractivity contribution is -0.00371. The van der Waals surface area contributed by atoms with Crippen molar-refractivity contribution in [3.05, 3.63) is 51.8 Å². The Morgan fingerprint density at radius 1 is 1.16 bits per heavy atom. The van der Waals surface area contributed by atoms with E-state index >= 15 is 0 Å². The van der Waals surface area contributed by atoms with Crippen molar-refractivity contribution in [2.75, 3.05) is 13.4 Å². The van der Waals surface area contributed by atoms with E-state index in [4.69, 9.17) is 25.8 Å². The lowest BCUT2D eigenvalue weighted by Crippen LogP contribution is -2.13. The van der Waals surface area contributed by atoms with Gasteiger partial charge in [-0.15, -0.1) is 0 Å². The summed E-state index contributed by atoms with van der Waals surface area (Å²) in [5.74, 6) is 0.183. The molecule has 7 nitrogen and oxygen atoms in total. The van der Waals surface area contributed by atoms with Crippen LogP contribution in [-0.4, -0.2) is 29.3 Å². The van der Waals surface area contributed by atoms with Crippen LogP contribution in [0.15, 0.2) is 24.3 Å². The van der Waals surface area contributed by atoms with E-state index in [1.807, 2.05) is 31.2 Å². The SMILES string of the molecule is CCOC(=O)OCO/C(=C(/C#N)c1ccc(C(C)(C)C)cc1)c1c(Cl)c(C)nn1CC. The molecule has 0 unspecified atom stereocenters. The number of rotatable bonds is 7. The van der Waals surface area contributed by atoms with Gasteiger partial charge in [-0.2, -0.15) is 10.4 Å². The summed E-state index contributed by atoms with van der Waals surface area (Å²) in [6.07, 6.45) is -0.860. The summed E-state index contributed by atoms with van der Waals surface area (Å²) in [7, 11) is 0. The van der Waals surface area contributed by atoms with Gasteiger partial charge in [0.1, 0.15) is 17.3 Å². The second-order valence-electron chi connectivity index (χ2n) is 7.80. The van der Waals surface area contributed by atoms with Crippen molar-refractivity contribution in [3.63, 3.8) is 0 Å². The lowest BCUT2D eigenvalue weighted by Gasteiger charge is -2.19. The molecule has 2 aromatic rings. The monoisotopic (exact) mass is 445 g/mol. The summed E-state index contributed by atoms with van der Waals surface area (Å²) >= 11 is 6.51. The molecule has 0 amide bonds. The van der Waals surface area contributed by atoms with Crippen molar-refractivity contribution in [2.45, 2.75) is 53.5 Å². The molecule has 0 aliphatic rings. The molecule has 31 heavy (non-hydrogen) atoms. The van der Waals surface area contributed by atoms with Gasteiger partial charge in [-0.1, -0.05) is 56.6 Å². The Kier molecular flexibility index (Phi) is 8.12. The van der Waals surface area contributed by atoms with Crippen molar-refractivity contribution in [3.8, 4) is 6.07 Å². The first kappa shape index (κ1) is 24.3. The summed E-state index contributed by atoms with van der Waals surface area (Å²) in [5, 5.41) is 14.8. The van der Waals surface area contributed by atoms with E-state index in [1.54, 1.807) is 18.5 Å². The molecule has 0 aliphatic heterocycles. The second-order valence-corrected chi connectivity index (χ2v) is 8.17. The number of aromatic nitrogens is 2. The van der Waals surface area contributed by atoms with Crippen molar-refractivity contribution < 1.29 is 19.0 Å². The minimum atomic E-state index is -0.860. The fourth-order valence-electron chi connectivity index (χ4n) is 2.94. The first-order chi connectivity index (χ1) is 14.6. The van der Waals surface area contributed by atoms with Crippen LogP contribution >= 0.6 is 11.6 Å². The summed E-state index contributed by atoms with van der Waals surface area (Å²) in [4.78, 5) is 11.5. The highest BCUT2D eigenvalue weighted by Gasteiger charge is 2.24. The maximum atomic E-state index is 11.5. The average molecular weight is 446 g/mol. The number of allylic oxidation sites excluding steroid dienone is 1. The zero-order chi connectivity index (χ0) is 23.2. The average Bonchev–Trinajstić information content (AvgIpc) is 3.01. The van der Waals surface area contributed by atoms with Crippen LogP contribution in [0.3, 0.4) is 0 Å². The Hall–Kier alpha value is -2.98. The van der Waals surface area contributed by atoms with Crippen molar-refractivity contribution in [1.29, 1.82) is 5.26 Å². The number of carbonyl (C=O) groups excluding carboxylic acids is 1. The van der Waals surface area contributed by atoms with Crippen molar-refractivity contribution >= 4 is 29.1 Å². The lowest BCUT2D eigenvalue weighted by atomic mass is 9.86. The summed E-state index contributed by atoms with van der Waals surface area (Å²) in [5.41, 5.74) is 3.07. The number of halogens is 1. The van der Waals surface area contributed by atoms with E-state index in [1.165, 1.54) is 0 Å². The number of carbonyl (C=O) groups is 1. The van der Waals surface area contributed by atoms with Crippen LogP contribution in [0.1, 0.15) is 57.1 Å². The minimum absolute atomic E-state index is 0.0247. The zero-order valence-electron chi connectivity index (χ0n) is 18.8. The third kappa shape index (κ3) is 5.80. The Bertz CT molecular complexity index is 996. The molecule has 1 aromatic carbocycles. The molecule has 0 atom stereocenters. The molecule has 0 saturated heterocycles. The van der Waals surface area contributed by atoms with Gasteiger partial charge in [-0.05, 0) is 37.3 Å². The number of hydrogen-bond acceptors (Lipinski definition) is 6. The molecule has 8 heteroatoms. The normalized spacial score (nSPS) is 12.1. The molecule has 0 bridgehead atoms. The molecule has 2 rings (SSSR count). The predicted molar refractivity (Wildman–Crippen MR) is 119 cm³/mol. The highest BCUT2D eigenvalue weighted by molar-refractivity contribution is 6.33. The molecule has 0 aliphatic carbocycles. The molecular formula is C23H28ClN3O4. The van der Waals surface area contributed by atoms with Crippen LogP contribution in [0.2, 0.25) is 5.02 Å². The molecule has 0 radical (unpaired) electrons. The van der Waals surface area contributed by atoms with Crippen LogP contribution < -0.4 is 0 Å². The Morgan fingerprint density at radius 2 is 1.81 bits per heavy atom. The van der Waals surface area contributed by atoms with Crippen molar-refractivity contribution in [1.82, 2.24) is 9.78 Å². The number of benzene rings is 1. The number of aryl methyl sites for hydroxylation is 2. The van der Waals surface area contributed by atoms with Gasteiger partial charge in [-0.25, -0.2) is 4.79 Å². The van der Waals surface area contributed by atoms with Gasteiger partial charge in [0.25, 0.3) is 0 Å². The Morgan fingerprint density at radius 3 is 2.32 bits per heavy atom. The second kappa shape index (κ2) is 10.4. The van der Waals surface area contributed by atoms with Crippen LogP contribution in [0, 0.1) is 18.3 Å². The maximum Gasteiger partial charge on any atom is 0.511 e. The van der Waals surface area contributed by atoms with E-state index in [0.717, 1.165) is 5.56 Å². The topological polar surface area (TPSA) is 86.4 Å². The molecule has 0 saturated carbocycles.